The van der Waals surface area contributed by atoms with E-state index in [1.807, 2.05) is 21.1 Å². The van der Waals surface area contributed by atoms with Gasteiger partial charge in [-0.2, -0.15) is 0 Å². The molecule has 0 bridgehead atoms. The Morgan fingerprint density at radius 3 is 1.05 bits per heavy atom. The highest BCUT2D eigenvalue weighted by Gasteiger charge is 2.22. The van der Waals surface area contributed by atoms with Gasteiger partial charge in [-0.3, -0.25) is 14.2 Å². The fourth-order valence-corrected chi connectivity index (χ4v) is 8.91. The molecule has 0 fully saturated rings. The van der Waals surface area contributed by atoms with Crippen molar-refractivity contribution in [3.05, 3.63) is 146 Å². The van der Waals surface area contributed by atoms with E-state index in [1.54, 1.807) is 0 Å². The monoisotopic (exact) mass is 1140 g/mol. The van der Waals surface area contributed by atoms with Crippen LogP contribution in [0.5, 0.6) is 0 Å². The Morgan fingerprint density at radius 2 is 0.704 bits per heavy atom. The number of nitrogens with zero attached hydrogens (tertiary/aromatic N) is 1. The molecule has 0 aromatic rings. The van der Waals surface area contributed by atoms with E-state index < -0.39 is 32.5 Å². The van der Waals surface area contributed by atoms with E-state index in [0.29, 0.717) is 23.9 Å². The number of hydrogen-bond donors (Lipinski definition) is 0. The van der Waals surface area contributed by atoms with Crippen molar-refractivity contribution in [2.45, 2.75) is 245 Å². The van der Waals surface area contributed by atoms with Gasteiger partial charge in [-0.05, 0) is 122 Å². The molecular formula is C71H118NO8P. The van der Waals surface area contributed by atoms with Crippen molar-refractivity contribution in [1.29, 1.82) is 0 Å². The largest absolute Gasteiger partial charge is 0.756 e. The number of likely N-dealkylation sites (N-methyl/N-ethyl adjacent to an activating group) is 1. The van der Waals surface area contributed by atoms with Crippen molar-refractivity contribution < 1.29 is 42.1 Å². The lowest BCUT2D eigenvalue weighted by atomic mass is 10.1. The van der Waals surface area contributed by atoms with E-state index in [-0.39, 0.29) is 26.1 Å². The Bertz CT molecular complexity index is 1880. The third-order valence-electron chi connectivity index (χ3n) is 13.1. The summed E-state index contributed by atoms with van der Waals surface area (Å²) in [4.78, 5) is 37.9. The molecule has 2 atom stereocenters. The Hall–Kier alpha value is -4.11. The van der Waals surface area contributed by atoms with Crippen LogP contribution in [0.15, 0.2) is 146 Å². The second-order valence-corrected chi connectivity index (χ2v) is 23.4. The molecule has 0 aromatic carbocycles. The van der Waals surface area contributed by atoms with Gasteiger partial charge in [-0.15, -0.1) is 0 Å². The van der Waals surface area contributed by atoms with Gasteiger partial charge in [0.15, 0.2) is 6.10 Å². The highest BCUT2D eigenvalue weighted by Crippen LogP contribution is 2.38. The van der Waals surface area contributed by atoms with Crippen molar-refractivity contribution in [2.75, 3.05) is 47.5 Å². The zero-order valence-corrected chi connectivity index (χ0v) is 53.1. The molecule has 0 N–H and O–H groups in total. The molecule has 0 aliphatic heterocycles. The number of quaternary nitrogens is 1. The summed E-state index contributed by atoms with van der Waals surface area (Å²) in [6.45, 7) is 4.08. The van der Waals surface area contributed by atoms with Gasteiger partial charge >= 0.3 is 11.9 Å². The van der Waals surface area contributed by atoms with E-state index in [4.69, 9.17) is 18.5 Å². The molecule has 0 saturated heterocycles. The van der Waals surface area contributed by atoms with Crippen LogP contribution in [0.4, 0.5) is 0 Å². The average molecular weight is 1140 g/mol. The minimum absolute atomic E-state index is 0.0411. The van der Waals surface area contributed by atoms with Crippen LogP contribution >= 0.6 is 7.82 Å². The normalized spacial score (nSPS) is 14.2. The number of allylic oxidation sites excluding steroid dienone is 24. The molecule has 81 heavy (non-hydrogen) atoms. The summed E-state index contributed by atoms with van der Waals surface area (Å²) in [5.74, 6) is -0.859. The lowest BCUT2D eigenvalue weighted by Crippen LogP contribution is -2.37. The predicted molar refractivity (Wildman–Crippen MR) is 346 cm³/mol. The summed E-state index contributed by atoms with van der Waals surface area (Å²) in [6.07, 6.45) is 89.0. The zero-order valence-electron chi connectivity index (χ0n) is 52.2. The number of rotatable bonds is 57. The highest BCUT2D eigenvalue weighted by molar-refractivity contribution is 7.45. The Balaban J connectivity index is 4.15. The van der Waals surface area contributed by atoms with Crippen LogP contribution in [0.25, 0.3) is 0 Å². The quantitative estimate of drug-likeness (QED) is 0.0195. The van der Waals surface area contributed by atoms with Crippen LogP contribution < -0.4 is 4.89 Å². The number of phosphoric ester groups is 1. The number of esters is 2. The summed E-state index contributed by atoms with van der Waals surface area (Å²) in [5.41, 5.74) is 0. The summed E-state index contributed by atoms with van der Waals surface area (Å²) in [6, 6.07) is 0. The SMILES string of the molecule is CC/C=C\C/C=C\C/C=C\C/C=C\C/C=C\C/C=C\C/C=C\C/C=C\C/C=C\C/C=C\CCCCCCCCCCC(=O)OC(COC(=O)CCCCCCCCC/C=C\C/C=C\CCCCCC)COP(=O)([O-])OCC[N+](C)(C)C. The van der Waals surface area contributed by atoms with E-state index in [2.05, 4.69) is 160 Å². The molecule has 0 spiro atoms. The minimum Gasteiger partial charge on any atom is -0.756 e. The van der Waals surface area contributed by atoms with E-state index in [0.717, 1.165) is 122 Å². The molecule has 2 unspecified atom stereocenters. The molecular weight excluding hydrogens is 1030 g/mol. The second-order valence-electron chi connectivity index (χ2n) is 22.0. The van der Waals surface area contributed by atoms with Gasteiger partial charge in [-0.25, -0.2) is 0 Å². The van der Waals surface area contributed by atoms with Crippen LogP contribution in [0.3, 0.4) is 0 Å². The summed E-state index contributed by atoms with van der Waals surface area (Å²) >= 11 is 0. The van der Waals surface area contributed by atoms with Crippen molar-refractivity contribution >= 4 is 19.8 Å². The van der Waals surface area contributed by atoms with Crippen LogP contribution in [0.2, 0.25) is 0 Å². The van der Waals surface area contributed by atoms with Gasteiger partial charge < -0.3 is 27.9 Å². The van der Waals surface area contributed by atoms with E-state index in [1.165, 1.54) is 77.0 Å². The lowest BCUT2D eigenvalue weighted by Gasteiger charge is -2.28. The molecule has 0 aliphatic carbocycles. The standard InChI is InChI=1S/C71H118NO8P/c1-6-8-10-12-14-16-18-20-22-24-26-27-28-29-30-31-32-33-34-35-36-37-38-39-40-41-42-43-44-45-46-48-50-52-54-56-58-60-62-64-71(74)80-69(68-79-81(75,76)78-66-65-72(3,4)5)67-77-70(73)63-61-59-57-55-53-51-49-47-25-23-21-19-17-15-13-11-9-7-2/h8,10,14,16-17,19-20,22-23,25-27,29-30,32-33,35-36,38-39,41-42,44-45,69H,6-7,9,11-13,15,18,21,24,28,31,34,37,40,43,46-68H2,1-5H3/b10-8-,16-14-,19-17-,22-20-,25-23-,27-26-,30-29-,33-32-,36-35-,39-38-,42-41-,45-44-. The topological polar surface area (TPSA) is 111 Å². The maximum Gasteiger partial charge on any atom is 0.306 e. The minimum atomic E-state index is -4.65. The Kier molecular flexibility index (Phi) is 57.4. The number of phosphoric acid groups is 1. The maximum atomic E-state index is 12.8. The van der Waals surface area contributed by atoms with Crippen molar-refractivity contribution in [3.63, 3.8) is 0 Å². The lowest BCUT2D eigenvalue weighted by molar-refractivity contribution is -0.870. The van der Waals surface area contributed by atoms with E-state index in [9.17, 15) is 19.0 Å². The molecule has 460 valence electrons. The van der Waals surface area contributed by atoms with E-state index >= 15 is 0 Å². The van der Waals surface area contributed by atoms with Crippen LogP contribution in [0, 0.1) is 0 Å². The molecule has 0 radical (unpaired) electrons. The van der Waals surface area contributed by atoms with Gasteiger partial charge in [0.05, 0.1) is 27.7 Å². The second kappa shape index (κ2) is 60.5. The Labute approximate surface area is 497 Å². The number of ether oxygens (including phenoxy) is 2. The van der Waals surface area contributed by atoms with Crippen LogP contribution in [-0.2, 0) is 32.7 Å². The molecule has 9 nitrogen and oxygen atoms in total. The van der Waals surface area contributed by atoms with Gasteiger partial charge in [0.2, 0.25) is 0 Å². The van der Waals surface area contributed by atoms with Crippen molar-refractivity contribution in [3.8, 4) is 0 Å². The first-order valence-corrected chi connectivity index (χ1v) is 33.5. The summed E-state index contributed by atoms with van der Waals surface area (Å²) in [5, 5.41) is 0. The highest BCUT2D eigenvalue weighted by atomic mass is 31.2. The third kappa shape index (κ3) is 64.9. The Morgan fingerprint density at radius 1 is 0.395 bits per heavy atom. The molecule has 0 heterocycles. The number of carbonyl (C=O) groups excluding carboxylic acids is 2. The maximum absolute atomic E-state index is 12.8. The van der Waals surface area contributed by atoms with Gasteiger partial charge in [0.25, 0.3) is 7.82 Å². The summed E-state index contributed by atoms with van der Waals surface area (Å²) < 4.78 is 34.2. The molecule has 0 amide bonds. The molecule has 0 aromatic heterocycles. The first-order chi connectivity index (χ1) is 39.5. The number of unbranched alkanes of at least 4 members (excludes halogenated alkanes) is 19. The smallest absolute Gasteiger partial charge is 0.306 e. The van der Waals surface area contributed by atoms with Gasteiger partial charge in [0.1, 0.15) is 19.8 Å². The predicted octanol–water partition coefficient (Wildman–Crippen LogP) is 20.0. The van der Waals surface area contributed by atoms with Gasteiger partial charge in [0, 0.05) is 12.8 Å². The zero-order chi connectivity index (χ0) is 59.1. The molecule has 0 rings (SSSR count). The fourth-order valence-electron chi connectivity index (χ4n) is 8.18. The van der Waals surface area contributed by atoms with Gasteiger partial charge in [-0.1, -0.05) is 250 Å². The molecule has 10 heteroatoms. The fraction of sp³-hybridized carbons (Fsp3) is 0.634. The molecule has 0 aliphatic rings. The van der Waals surface area contributed by atoms with Crippen molar-refractivity contribution in [1.82, 2.24) is 0 Å². The van der Waals surface area contributed by atoms with Crippen LogP contribution in [-0.4, -0.2) is 70.0 Å². The number of carbonyl (C=O) groups is 2. The van der Waals surface area contributed by atoms with Crippen molar-refractivity contribution in [2.24, 2.45) is 0 Å². The number of hydrogen-bond acceptors (Lipinski definition) is 8. The average Bonchev–Trinajstić information content (AvgIpc) is 3.43. The molecule has 0 saturated carbocycles. The van der Waals surface area contributed by atoms with Crippen LogP contribution in [0.1, 0.15) is 239 Å². The summed E-state index contributed by atoms with van der Waals surface area (Å²) in [7, 11) is 1.14. The first kappa shape index (κ1) is 76.9. The first-order valence-electron chi connectivity index (χ1n) is 32.0. The third-order valence-corrected chi connectivity index (χ3v) is 14.1.